The molecule has 0 aromatic carbocycles. The molecule has 0 aromatic rings. The van der Waals surface area contributed by atoms with Crippen molar-refractivity contribution in [3.05, 3.63) is 50.6 Å². The molecule has 0 aliphatic heterocycles. The lowest BCUT2D eigenvalue weighted by Crippen LogP contribution is -2.82. The first kappa shape index (κ1) is 16.8. The molecule has 4 aliphatic carbocycles. The van der Waals surface area contributed by atoms with Crippen LogP contribution in [0.2, 0.25) is 0 Å². The van der Waals surface area contributed by atoms with E-state index >= 15 is 0 Å². The molecule has 15 heteroatoms. The predicted octanol–water partition coefficient (Wildman–Crippen LogP) is -0.0489. The second-order valence-electron chi connectivity index (χ2n) is 6.87. The van der Waals surface area contributed by atoms with Gasteiger partial charge in [-0.3, -0.25) is 50.6 Å². The van der Waals surface area contributed by atoms with Gasteiger partial charge in [-0.25, -0.2) is 0 Å². The van der Waals surface area contributed by atoms with Gasteiger partial charge < -0.3 is 0 Å². The van der Waals surface area contributed by atoms with Crippen LogP contribution in [-0.2, 0) is 0 Å². The zero-order valence-electron chi connectivity index (χ0n) is 12.4. The highest BCUT2D eigenvalue weighted by Gasteiger charge is 2.95. The van der Waals surface area contributed by atoms with E-state index in [0.717, 1.165) is 0 Å². The number of hydrogen-bond acceptors (Lipinski definition) is 10. The van der Waals surface area contributed by atoms with Gasteiger partial charge in [0.2, 0.25) is 11.5 Å². The van der Waals surface area contributed by atoms with E-state index in [1.807, 2.05) is 0 Å². The maximum absolute atomic E-state index is 11.6. The molecule has 4 saturated carbocycles. The maximum atomic E-state index is 11.6. The quantitative estimate of drug-likeness (QED) is 0.361. The van der Waals surface area contributed by atoms with Crippen molar-refractivity contribution < 1.29 is 24.6 Å². The summed E-state index contributed by atoms with van der Waals surface area (Å²) in [5.41, 5.74) is -8.21. The van der Waals surface area contributed by atoms with Crippen LogP contribution < -0.4 is 0 Å². The summed E-state index contributed by atoms with van der Waals surface area (Å²) < 4.78 is 0. The first-order valence-electron chi connectivity index (χ1n) is 7.20. The molecule has 4 atom stereocenters. The van der Waals surface area contributed by atoms with Crippen molar-refractivity contribution in [3.8, 4) is 0 Å². The van der Waals surface area contributed by atoms with Gasteiger partial charge in [0.25, 0.3) is 0 Å². The molecule has 15 nitrogen and oxygen atoms in total. The summed E-state index contributed by atoms with van der Waals surface area (Å²) in [5.74, 6) is -5.27. The summed E-state index contributed by atoms with van der Waals surface area (Å²) in [6, 6.07) is 0. The van der Waals surface area contributed by atoms with Crippen molar-refractivity contribution in [1.82, 2.24) is 0 Å². The van der Waals surface area contributed by atoms with Crippen molar-refractivity contribution in [3.63, 3.8) is 0 Å². The molecule has 0 radical (unpaired) electrons. The second kappa shape index (κ2) is 4.54. The van der Waals surface area contributed by atoms with Crippen LogP contribution in [0.3, 0.4) is 0 Å². The zero-order valence-corrected chi connectivity index (χ0v) is 12.4. The first-order valence-corrected chi connectivity index (χ1v) is 7.20. The summed E-state index contributed by atoms with van der Waals surface area (Å²) in [6.45, 7) is 0. The van der Waals surface area contributed by atoms with Crippen molar-refractivity contribution >= 4 is 0 Å². The molecule has 4 fully saturated rings. The van der Waals surface area contributed by atoms with E-state index in [0.29, 0.717) is 0 Å². The molecule has 0 heterocycles. The van der Waals surface area contributed by atoms with Gasteiger partial charge in [-0.2, -0.15) is 0 Å². The standard InChI is InChI=1S/C10H11N5O10/c16-11(17)8-2-5-1-6(3-8)10(14(22)23,15(24)25)7(4-8)9(5,12(18)19)13(20)21/h5-7H,1-4H2/t5-,6+,7?,8?. The molecule has 2 unspecified atom stereocenters. The van der Waals surface area contributed by atoms with Crippen molar-refractivity contribution in [2.45, 2.75) is 42.5 Å². The van der Waals surface area contributed by atoms with E-state index in [1.165, 1.54) is 0 Å². The van der Waals surface area contributed by atoms with Gasteiger partial charge in [-0.1, -0.05) is 0 Å². The molecule has 136 valence electrons. The van der Waals surface area contributed by atoms with Crippen LogP contribution in [0.1, 0.15) is 25.7 Å². The number of hydrogen-bond donors (Lipinski definition) is 0. The van der Waals surface area contributed by atoms with Crippen LogP contribution >= 0.6 is 0 Å². The van der Waals surface area contributed by atoms with Gasteiger partial charge in [0.05, 0.1) is 19.7 Å². The van der Waals surface area contributed by atoms with Crippen molar-refractivity contribution in [1.29, 1.82) is 0 Å². The third-order valence-corrected chi connectivity index (χ3v) is 6.19. The molecule has 4 rings (SSSR count). The van der Waals surface area contributed by atoms with Crippen LogP contribution in [0, 0.1) is 68.3 Å². The molecule has 25 heavy (non-hydrogen) atoms. The van der Waals surface area contributed by atoms with Gasteiger partial charge in [0, 0.05) is 24.2 Å². The Hall–Kier alpha value is -3.00. The predicted molar refractivity (Wildman–Crippen MR) is 72.1 cm³/mol. The normalized spacial score (nSPS) is 36.6. The maximum Gasteiger partial charge on any atom is 0.478 e. The molecule has 0 amide bonds. The number of nitro groups is 5. The van der Waals surface area contributed by atoms with Crippen LogP contribution in [0.25, 0.3) is 0 Å². The fourth-order valence-electron chi connectivity index (χ4n) is 5.35. The second-order valence-corrected chi connectivity index (χ2v) is 6.87. The largest absolute Gasteiger partial charge is 0.478 e. The van der Waals surface area contributed by atoms with Gasteiger partial charge in [0.15, 0.2) is 0 Å². The Balaban J connectivity index is 2.33. The van der Waals surface area contributed by atoms with E-state index in [1.54, 1.807) is 0 Å². The van der Waals surface area contributed by atoms with Crippen molar-refractivity contribution in [2.24, 2.45) is 17.8 Å². The summed E-state index contributed by atoms with van der Waals surface area (Å²) in [5, 5.41) is 57.9. The number of rotatable bonds is 5. The smallest absolute Gasteiger partial charge is 0.264 e. The summed E-state index contributed by atoms with van der Waals surface area (Å²) in [7, 11) is 0. The lowest BCUT2D eigenvalue weighted by molar-refractivity contribution is -0.893. The Morgan fingerprint density at radius 3 is 1.24 bits per heavy atom. The Labute approximate surface area is 136 Å². The average Bonchev–Trinajstić information content (AvgIpc) is 2.45. The Bertz CT molecular complexity index is 660. The topological polar surface area (TPSA) is 216 Å². The van der Waals surface area contributed by atoms with E-state index < -0.39 is 84.9 Å². The number of nitrogens with zero attached hydrogens (tertiary/aromatic N) is 5. The average molecular weight is 361 g/mol. The zero-order chi connectivity index (χ0) is 18.9. The SMILES string of the molecule is O=[N+]([O-])C12CC3C([N+](=O)[O-])([N+](=O)[O-])[C@H](C[C@@H](C1)C3([N+](=O)[O-])[N+](=O)[O-])C2. The Morgan fingerprint density at radius 1 is 0.600 bits per heavy atom. The fraction of sp³-hybridized carbons (Fsp3) is 1.00. The highest BCUT2D eigenvalue weighted by Crippen LogP contribution is 2.66. The minimum atomic E-state index is -3.18. The highest BCUT2D eigenvalue weighted by atomic mass is 16.7. The Kier molecular flexibility index (Phi) is 3.06. The third kappa shape index (κ3) is 1.55. The molecular formula is C10H11N5O10. The molecule has 0 aromatic heterocycles. The third-order valence-electron chi connectivity index (χ3n) is 6.19. The van der Waals surface area contributed by atoms with Gasteiger partial charge in [-0.05, 0) is 6.42 Å². The van der Waals surface area contributed by atoms with Crippen LogP contribution in [0.15, 0.2) is 0 Å². The van der Waals surface area contributed by atoms with Crippen LogP contribution in [0.5, 0.6) is 0 Å². The molecule has 4 bridgehead atoms. The van der Waals surface area contributed by atoms with Gasteiger partial charge >= 0.3 is 11.3 Å². The minimum Gasteiger partial charge on any atom is -0.264 e. The summed E-state index contributed by atoms with van der Waals surface area (Å²) in [6.07, 6.45) is -2.49. The monoisotopic (exact) mass is 361 g/mol. The van der Waals surface area contributed by atoms with Gasteiger partial charge in [-0.15, -0.1) is 0 Å². The molecule has 0 spiro atoms. The van der Waals surface area contributed by atoms with E-state index in [4.69, 9.17) is 0 Å². The van der Waals surface area contributed by atoms with E-state index in [2.05, 4.69) is 0 Å². The van der Waals surface area contributed by atoms with E-state index in [-0.39, 0.29) is 0 Å². The minimum absolute atomic E-state index is 0.500. The lowest BCUT2D eigenvalue weighted by Gasteiger charge is -2.53. The molecular weight excluding hydrogens is 350 g/mol. The van der Waals surface area contributed by atoms with E-state index in [9.17, 15) is 50.6 Å². The van der Waals surface area contributed by atoms with Crippen LogP contribution in [0.4, 0.5) is 0 Å². The van der Waals surface area contributed by atoms with Crippen molar-refractivity contribution in [2.75, 3.05) is 0 Å². The molecule has 4 aliphatic rings. The van der Waals surface area contributed by atoms with Crippen LogP contribution in [-0.4, -0.2) is 41.5 Å². The lowest BCUT2D eigenvalue weighted by atomic mass is 9.44. The molecule has 0 N–H and O–H groups in total. The molecule has 0 saturated heterocycles. The van der Waals surface area contributed by atoms with Gasteiger partial charge in [0.1, 0.15) is 11.8 Å². The highest BCUT2D eigenvalue weighted by molar-refractivity contribution is 5.15. The fourth-order valence-corrected chi connectivity index (χ4v) is 5.35. The summed E-state index contributed by atoms with van der Waals surface area (Å²) in [4.78, 5) is 51.8. The first-order chi connectivity index (χ1) is 11.5. The Morgan fingerprint density at radius 2 is 0.960 bits per heavy atom. The summed E-state index contributed by atoms with van der Waals surface area (Å²) >= 11 is 0.